The molecule has 0 aromatic rings. The maximum Gasteiger partial charge on any atom is 0.184 e. The summed E-state index contributed by atoms with van der Waals surface area (Å²) in [5, 5.41) is 0.477. The van der Waals surface area contributed by atoms with E-state index in [2.05, 4.69) is 19.6 Å². The first-order valence-electron chi connectivity index (χ1n) is 6.57. The lowest BCUT2D eigenvalue weighted by Crippen LogP contribution is -2.48. The molecule has 0 saturated heterocycles. The molecule has 21 heavy (non-hydrogen) atoms. The van der Waals surface area contributed by atoms with Crippen molar-refractivity contribution in [2.75, 3.05) is 0 Å². The molecule has 2 bridgehead atoms. The van der Waals surface area contributed by atoms with Crippen molar-refractivity contribution in [1.29, 1.82) is 0 Å². The molecular weight excluding hydrogens is 413 g/mol. The lowest BCUT2D eigenvalue weighted by molar-refractivity contribution is 0.154. The van der Waals surface area contributed by atoms with E-state index in [1.165, 1.54) is 0 Å². The fourth-order valence-corrected chi connectivity index (χ4v) is 7.67. The molecule has 3 aliphatic carbocycles. The van der Waals surface area contributed by atoms with E-state index >= 15 is 0 Å². The Kier molecular flexibility index (Phi) is 3.88. The predicted molar refractivity (Wildman–Crippen MR) is 94.7 cm³/mol. The summed E-state index contributed by atoms with van der Waals surface area (Å²) in [6.07, 6.45) is 3.72. The van der Waals surface area contributed by atoms with Crippen LogP contribution in [0.3, 0.4) is 0 Å². The van der Waals surface area contributed by atoms with Crippen LogP contribution in [0.25, 0.3) is 0 Å². The Hall–Kier alpha value is 1.40. The molecule has 0 aliphatic heterocycles. The Bertz CT molecular complexity index is 567. The fourth-order valence-electron chi connectivity index (χ4n) is 3.62. The van der Waals surface area contributed by atoms with E-state index in [1.54, 1.807) is 0 Å². The number of fused-ring (bicyclic) bond motifs is 5. The molecule has 118 valence electrons. The van der Waals surface area contributed by atoms with Crippen molar-refractivity contribution in [3.8, 4) is 0 Å². The lowest BCUT2D eigenvalue weighted by atomic mass is 9.83. The molecule has 3 rings (SSSR count). The molecule has 5 unspecified atom stereocenters. The van der Waals surface area contributed by atoms with Gasteiger partial charge in [-0.25, -0.2) is 0 Å². The molecule has 0 amide bonds. The molecule has 1 fully saturated rings. The van der Waals surface area contributed by atoms with E-state index in [1.807, 2.05) is 12.2 Å². The van der Waals surface area contributed by atoms with Gasteiger partial charge < -0.3 is 4.43 Å². The van der Waals surface area contributed by atoms with Gasteiger partial charge in [0.25, 0.3) is 0 Å². The molecule has 0 spiro atoms. The van der Waals surface area contributed by atoms with Gasteiger partial charge in [-0.2, -0.15) is 0 Å². The van der Waals surface area contributed by atoms with Crippen LogP contribution in [0, 0.1) is 11.8 Å². The van der Waals surface area contributed by atoms with E-state index in [9.17, 15) is 0 Å². The zero-order valence-electron chi connectivity index (χ0n) is 11.6. The number of rotatable bonds is 2. The van der Waals surface area contributed by atoms with Crippen LogP contribution in [0.5, 0.6) is 0 Å². The standard InChI is InChI=1S/C13H14Cl6OSi/c1-21(2,3)20-7-5-4-6-8(7)12(17)10(15)9(14)11(6,16)13(12,18)19/h4-8H,1-3H3. The van der Waals surface area contributed by atoms with Gasteiger partial charge in [0.15, 0.2) is 12.7 Å². The minimum Gasteiger partial charge on any atom is -0.411 e. The van der Waals surface area contributed by atoms with Gasteiger partial charge in [-0.05, 0) is 19.6 Å². The molecule has 0 aromatic heterocycles. The zero-order valence-corrected chi connectivity index (χ0v) is 17.1. The van der Waals surface area contributed by atoms with Crippen molar-refractivity contribution in [1.82, 2.24) is 0 Å². The minimum absolute atomic E-state index is 0.206. The van der Waals surface area contributed by atoms with E-state index in [0.717, 1.165) is 0 Å². The van der Waals surface area contributed by atoms with Crippen molar-refractivity contribution in [2.24, 2.45) is 11.8 Å². The summed E-state index contributed by atoms with van der Waals surface area (Å²) >= 11 is 39.4. The third-order valence-corrected chi connectivity index (χ3v) is 9.67. The summed E-state index contributed by atoms with van der Waals surface area (Å²) in [5.74, 6) is -0.434. The van der Waals surface area contributed by atoms with Gasteiger partial charge in [-0.3, -0.25) is 0 Å². The van der Waals surface area contributed by atoms with Gasteiger partial charge in [0, 0.05) is 11.8 Å². The molecule has 1 saturated carbocycles. The topological polar surface area (TPSA) is 9.23 Å². The Morgan fingerprint density at radius 2 is 1.48 bits per heavy atom. The summed E-state index contributed by atoms with van der Waals surface area (Å²) in [4.78, 5) is -2.45. The molecule has 0 N–H and O–H groups in total. The van der Waals surface area contributed by atoms with Crippen LogP contribution < -0.4 is 0 Å². The lowest BCUT2D eigenvalue weighted by Gasteiger charge is -2.38. The molecule has 0 aromatic carbocycles. The van der Waals surface area contributed by atoms with Crippen LogP contribution in [0.1, 0.15) is 0 Å². The number of halogens is 6. The van der Waals surface area contributed by atoms with Crippen molar-refractivity contribution in [3.63, 3.8) is 0 Å². The second-order valence-electron chi connectivity index (χ2n) is 6.76. The number of hydrogen-bond donors (Lipinski definition) is 0. The molecule has 0 heterocycles. The number of allylic oxidation sites excluding steroid dienone is 3. The average molecular weight is 427 g/mol. The summed E-state index contributed by atoms with van der Waals surface area (Å²) in [6.45, 7) is 6.33. The minimum atomic E-state index is -1.78. The molecule has 3 aliphatic rings. The Labute approximate surface area is 155 Å². The second kappa shape index (κ2) is 4.73. The summed E-state index contributed by atoms with van der Waals surface area (Å²) in [6, 6.07) is 0. The highest BCUT2D eigenvalue weighted by atomic mass is 35.5. The SMILES string of the molecule is C[Si](C)(C)OC1C=CC2C1C1(Cl)C(Cl)=C(Cl)C2(Cl)C1(Cl)Cl. The Morgan fingerprint density at radius 1 is 0.952 bits per heavy atom. The third-order valence-electron chi connectivity index (χ3n) is 4.40. The largest absolute Gasteiger partial charge is 0.411 e. The van der Waals surface area contributed by atoms with Crippen molar-refractivity contribution < 1.29 is 4.43 Å². The van der Waals surface area contributed by atoms with Crippen LogP contribution in [0.15, 0.2) is 22.2 Å². The van der Waals surface area contributed by atoms with Crippen molar-refractivity contribution in [3.05, 3.63) is 22.2 Å². The Balaban J connectivity index is 2.12. The fraction of sp³-hybridized carbons (Fsp3) is 0.692. The van der Waals surface area contributed by atoms with E-state index in [4.69, 9.17) is 74.0 Å². The van der Waals surface area contributed by atoms with Gasteiger partial charge in [-0.1, -0.05) is 58.6 Å². The van der Waals surface area contributed by atoms with Crippen LogP contribution >= 0.6 is 69.6 Å². The number of alkyl halides is 4. The summed E-state index contributed by atoms with van der Waals surface area (Å²) in [7, 11) is -1.78. The van der Waals surface area contributed by atoms with E-state index < -0.39 is 22.4 Å². The molecule has 5 atom stereocenters. The van der Waals surface area contributed by atoms with Crippen LogP contribution in [0.2, 0.25) is 19.6 Å². The third kappa shape index (κ3) is 1.88. The first kappa shape index (κ1) is 17.2. The molecule has 8 heteroatoms. The maximum atomic E-state index is 6.82. The summed E-state index contributed by atoms with van der Waals surface area (Å²) < 4.78 is 4.73. The molecule has 1 nitrogen and oxygen atoms in total. The maximum absolute atomic E-state index is 6.82. The van der Waals surface area contributed by atoms with Crippen molar-refractivity contribution >= 4 is 77.9 Å². The summed E-state index contributed by atoms with van der Waals surface area (Å²) in [5.41, 5.74) is 0. The normalized spacial score (nSPS) is 47.4. The second-order valence-corrected chi connectivity index (χ2v) is 14.5. The highest BCUT2D eigenvalue weighted by Crippen LogP contribution is 2.78. The van der Waals surface area contributed by atoms with Gasteiger partial charge in [0.05, 0.1) is 16.2 Å². The van der Waals surface area contributed by atoms with Gasteiger partial charge in [-0.15, -0.1) is 23.2 Å². The molecule has 0 radical (unpaired) electrons. The van der Waals surface area contributed by atoms with E-state index in [0.29, 0.717) is 0 Å². The quantitative estimate of drug-likeness (QED) is 0.305. The monoisotopic (exact) mass is 424 g/mol. The highest BCUT2D eigenvalue weighted by molar-refractivity contribution is 6.70. The average Bonchev–Trinajstić information content (AvgIpc) is 2.83. The highest BCUT2D eigenvalue weighted by Gasteiger charge is 2.83. The van der Waals surface area contributed by atoms with Gasteiger partial charge in [0.1, 0.15) is 9.75 Å². The Morgan fingerprint density at radius 3 is 2.00 bits per heavy atom. The van der Waals surface area contributed by atoms with E-state index in [-0.39, 0.29) is 28.0 Å². The van der Waals surface area contributed by atoms with Gasteiger partial charge in [0.2, 0.25) is 0 Å². The predicted octanol–water partition coefficient (Wildman–Crippen LogP) is 5.85. The van der Waals surface area contributed by atoms with Crippen LogP contribution in [-0.2, 0) is 4.43 Å². The molecular formula is C13H14Cl6OSi. The van der Waals surface area contributed by atoms with Crippen LogP contribution in [-0.4, -0.2) is 28.5 Å². The van der Waals surface area contributed by atoms with Gasteiger partial charge >= 0.3 is 0 Å². The first-order chi connectivity index (χ1) is 9.39. The van der Waals surface area contributed by atoms with Crippen molar-refractivity contribution in [2.45, 2.75) is 39.8 Å². The first-order valence-corrected chi connectivity index (χ1v) is 12.2. The number of hydrogen-bond acceptors (Lipinski definition) is 1. The smallest absolute Gasteiger partial charge is 0.184 e. The van der Waals surface area contributed by atoms with Crippen LogP contribution in [0.4, 0.5) is 0 Å². The zero-order chi connectivity index (χ0) is 16.0.